The van der Waals surface area contributed by atoms with E-state index in [0.29, 0.717) is 10.0 Å². The molecule has 1 aliphatic rings. The molecule has 0 bridgehead atoms. The fourth-order valence-corrected chi connectivity index (χ4v) is 3.88. The summed E-state index contributed by atoms with van der Waals surface area (Å²) in [5, 5.41) is 1.41. The zero-order valence-electron chi connectivity index (χ0n) is 13.4. The zero-order chi connectivity index (χ0) is 17.4. The summed E-state index contributed by atoms with van der Waals surface area (Å²) in [4.78, 5) is 13.1. The molecule has 25 heavy (non-hydrogen) atoms. The number of hydrogen-bond acceptors (Lipinski definition) is 1. The van der Waals surface area contributed by atoms with Crippen LogP contribution in [0.3, 0.4) is 0 Å². The van der Waals surface area contributed by atoms with Crippen molar-refractivity contribution in [3.63, 3.8) is 0 Å². The molecule has 124 valence electrons. The quantitative estimate of drug-likeness (QED) is 0.490. The number of Topliss-reactive ketones (excluding diaryl/α,β-unsaturated/α-hetero) is 1. The van der Waals surface area contributed by atoms with Gasteiger partial charge in [-0.3, -0.25) is 4.79 Å². The predicted molar refractivity (Wildman–Crippen MR) is 103 cm³/mol. The number of carbonyl (C=O) groups excluding carboxylic acids is 1. The van der Waals surface area contributed by atoms with Crippen LogP contribution in [0.4, 0.5) is 0 Å². The standard InChI is InChI=1S/C22H16Cl2O/c23-17-10-6-14(7-11-17)19-20(15-8-12-18(24)13-9-15)21(19)22(25)16-4-2-1-3-5-16/h1-13,19-21H/t19-,20+,21?. The molecule has 1 saturated carbocycles. The van der Waals surface area contributed by atoms with E-state index >= 15 is 0 Å². The molecule has 0 aliphatic heterocycles. The number of carbonyl (C=O) groups is 1. The van der Waals surface area contributed by atoms with E-state index < -0.39 is 0 Å². The first-order valence-electron chi connectivity index (χ1n) is 8.25. The van der Waals surface area contributed by atoms with Gasteiger partial charge in [-0.05, 0) is 35.4 Å². The van der Waals surface area contributed by atoms with Gasteiger partial charge in [0, 0.05) is 33.4 Å². The summed E-state index contributed by atoms with van der Waals surface area (Å²) >= 11 is 12.0. The molecule has 3 heteroatoms. The van der Waals surface area contributed by atoms with Crippen molar-refractivity contribution >= 4 is 29.0 Å². The van der Waals surface area contributed by atoms with Crippen LogP contribution in [-0.4, -0.2) is 5.78 Å². The average Bonchev–Trinajstić information content (AvgIpc) is 3.38. The summed E-state index contributed by atoms with van der Waals surface area (Å²) in [6.07, 6.45) is 0. The van der Waals surface area contributed by atoms with Crippen LogP contribution in [0.15, 0.2) is 78.9 Å². The Morgan fingerprint density at radius 3 is 1.52 bits per heavy atom. The van der Waals surface area contributed by atoms with Gasteiger partial charge in [-0.25, -0.2) is 0 Å². The van der Waals surface area contributed by atoms with Crippen molar-refractivity contribution in [3.05, 3.63) is 106 Å². The van der Waals surface area contributed by atoms with E-state index in [1.807, 2.05) is 78.9 Å². The molecule has 3 atom stereocenters. The van der Waals surface area contributed by atoms with Crippen LogP contribution >= 0.6 is 23.2 Å². The van der Waals surface area contributed by atoms with Crippen molar-refractivity contribution in [3.8, 4) is 0 Å². The third kappa shape index (κ3) is 3.22. The maximum absolute atomic E-state index is 13.1. The average molecular weight is 367 g/mol. The van der Waals surface area contributed by atoms with Gasteiger partial charge < -0.3 is 0 Å². The molecule has 1 aliphatic carbocycles. The van der Waals surface area contributed by atoms with Crippen LogP contribution in [0.5, 0.6) is 0 Å². The van der Waals surface area contributed by atoms with Crippen LogP contribution in [0.25, 0.3) is 0 Å². The summed E-state index contributed by atoms with van der Waals surface area (Å²) < 4.78 is 0. The van der Waals surface area contributed by atoms with Crippen molar-refractivity contribution < 1.29 is 4.79 Å². The lowest BCUT2D eigenvalue weighted by Gasteiger charge is -2.01. The van der Waals surface area contributed by atoms with E-state index in [9.17, 15) is 4.79 Å². The molecule has 3 aromatic carbocycles. The molecule has 0 radical (unpaired) electrons. The molecule has 1 nitrogen and oxygen atoms in total. The lowest BCUT2D eigenvalue weighted by atomic mass is 10.0. The van der Waals surface area contributed by atoms with Gasteiger partial charge in [0.15, 0.2) is 5.78 Å². The van der Waals surface area contributed by atoms with Crippen molar-refractivity contribution in [2.45, 2.75) is 11.8 Å². The molecule has 0 saturated heterocycles. The van der Waals surface area contributed by atoms with Gasteiger partial charge in [-0.1, -0.05) is 77.8 Å². The Morgan fingerprint density at radius 1 is 0.640 bits per heavy atom. The van der Waals surface area contributed by atoms with Crippen LogP contribution in [0, 0.1) is 5.92 Å². The molecule has 1 unspecified atom stereocenters. The summed E-state index contributed by atoms with van der Waals surface area (Å²) in [5.74, 6) is 0.488. The minimum Gasteiger partial charge on any atom is -0.294 e. The maximum atomic E-state index is 13.1. The smallest absolute Gasteiger partial charge is 0.167 e. The van der Waals surface area contributed by atoms with Crippen LogP contribution in [0.2, 0.25) is 10.0 Å². The summed E-state index contributed by atoms with van der Waals surface area (Å²) in [7, 11) is 0. The first-order chi connectivity index (χ1) is 12.1. The lowest BCUT2D eigenvalue weighted by molar-refractivity contribution is 0.0963. The third-order valence-corrected chi connectivity index (χ3v) is 5.39. The molecule has 0 N–H and O–H groups in total. The van der Waals surface area contributed by atoms with Gasteiger partial charge in [-0.2, -0.15) is 0 Å². The maximum Gasteiger partial charge on any atom is 0.167 e. The van der Waals surface area contributed by atoms with E-state index in [-0.39, 0.29) is 23.5 Å². The summed E-state index contributed by atoms with van der Waals surface area (Å²) in [6.45, 7) is 0. The number of benzene rings is 3. The predicted octanol–water partition coefficient (Wildman–Crippen LogP) is 6.37. The third-order valence-electron chi connectivity index (χ3n) is 4.89. The Bertz CT molecular complexity index is 834. The molecule has 1 fully saturated rings. The Labute approximate surface area is 157 Å². The second-order valence-electron chi connectivity index (χ2n) is 6.41. The second kappa shape index (κ2) is 6.67. The molecule has 0 spiro atoms. The molecular weight excluding hydrogens is 351 g/mol. The highest BCUT2D eigenvalue weighted by Gasteiger charge is 2.55. The Morgan fingerprint density at radius 2 is 1.08 bits per heavy atom. The van der Waals surface area contributed by atoms with Crippen molar-refractivity contribution in [2.75, 3.05) is 0 Å². The van der Waals surface area contributed by atoms with E-state index in [0.717, 1.165) is 16.7 Å². The van der Waals surface area contributed by atoms with Gasteiger partial charge in [0.1, 0.15) is 0 Å². The van der Waals surface area contributed by atoms with Crippen LogP contribution < -0.4 is 0 Å². The van der Waals surface area contributed by atoms with Gasteiger partial charge in [0.2, 0.25) is 0 Å². The van der Waals surface area contributed by atoms with Crippen molar-refractivity contribution in [1.29, 1.82) is 0 Å². The molecule has 3 aromatic rings. The molecular formula is C22H16Cl2O. The topological polar surface area (TPSA) is 17.1 Å². The zero-order valence-corrected chi connectivity index (χ0v) is 14.9. The minimum atomic E-state index is -0.0512. The van der Waals surface area contributed by atoms with E-state index in [2.05, 4.69) is 0 Å². The van der Waals surface area contributed by atoms with Gasteiger partial charge in [0.25, 0.3) is 0 Å². The monoisotopic (exact) mass is 366 g/mol. The molecule has 0 aromatic heterocycles. The summed E-state index contributed by atoms with van der Waals surface area (Å²) in [5.41, 5.74) is 3.07. The highest BCUT2D eigenvalue weighted by Crippen LogP contribution is 2.61. The Balaban J connectivity index is 1.70. The number of hydrogen-bond donors (Lipinski definition) is 0. The SMILES string of the molecule is O=C(c1ccccc1)C1[C@@H](c2ccc(Cl)cc2)[C@H]1c1ccc(Cl)cc1. The Hall–Kier alpha value is -2.09. The highest BCUT2D eigenvalue weighted by atomic mass is 35.5. The first-order valence-corrected chi connectivity index (χ1v) is 9.01. The van der Waals surface area contributed by atoms with E-state index in [4.69, 9.17) is 23.2 Å². The van der Waals surface area contributed by atoms with Crippen LogP contribution in [-0.2, 0) is 0 Å². The van der Waals surface area contributed by atoms with Gasteiger partial charge in [-0.15, -0.1) is 0 Å². The highest BCUT2D eigenvalue weighted by molar-refractivity contribution is 6.30. The van der Waals surface area contributed by atoms with Gasteiger partial charge in [0.05, 0.1) is 0 Å². The normalized spacial score (nSPS) is 21.8. The largest absolute Gasteiger partial charge is 0.294 e. The minimum absolute atomic E-state index is 0.0512. The molecule has 0 amide bonds. The van der Waals surface area contributed by atoms with Crippen molar-refractivity contribution in [2.24, 2.45) is 5.92 Å². The number of rotatable bonds is 4. The summed E-state index contributed by atoms with van der Waals surface area (Å²) in [6, 6.07) is 25.2. The van der Waals surface area contributed by atoms with Crippen molar-refractivity contribution in [1.82, 2.24) is 0 Å². The number of halogens is 2. The fraction of sp³-hybridized carbons (Fsp3) is 0.136. The molecule has 4 rings (SSSR count). The van der Waals surface area contributed by atoms with E-state index in [1.54, 1.807) is 0 Å². The molecule has 0 heterocycles. The van der Waals surface area contributed by atoms with E-state index in [1.165, 1.54) is 0 Å². The first kappa shape index (κ1) is 16.4. The number of ketones is 1. The lowest BCUT2D eigenvalue weighted by Crippen LogP contribution is -2.03. The fourth-order valence-electron chi connectivity index (χ4n) is 3.63. The second-order valence-corrected chi connectivity index (χ2v) is 7.28. The van der Waals surface area contributed by atoms with Gasteiger partial charge >= 0.3 is 0 Å². The van der Waals surface area contributed by atoms with Crippen LogP contribution in [0.1, 0.15) is 33.3 Å². The Kier molecular flexibility index (Phi) is 4.37.